The molecule has 0 aliphatic carbocycles. The maximum absolute atomic E-state index is 6.09. The van der Waals surface area contributed by atoms with E-state index in [2.05, 4.69) is 5.43 Å². The van der Waals surface area contributed by atoms with Gasteiger partial charge in [-0.1, -0.05) is 29.3 Å². The number of benzene rings is 1. The van der Waals surface area contributed by atoms with Gasteiger partial charge >= 0.3 is 0 Å². The van der Waals surface area contributed by atoms with Gasteiger partial charge in [0.2, 0.25) is 0 Å². The van der Waals surface area contributed by atoms with Gasteiger partial charge in [-0.05, 0) is 17.7 Å². The van der Waals surface area contributed by atoms with Crippen LogP contribution < -0.4 is 11.2 Å². The molecule has 1 aromatic carbocycles. The molecule has 1 aromatic rings. The molecule has 0 bridgehead atoms. The molecule has 0 saturated carbocycles. The van der Waals surface area contributed by atoms with E-state index in [0.717, 1.165) is 5.56 Å². The van der Waals surface area contributed by atoms with Crippen LogP contribution in [0, 0.1) is 0 Å². The first-order valence-corrected chi connectivity index (χ1v) is 5.38. The van der Waals surface area contributed by atoms with Crippen LogP contribution in [0.3, 0.4) is 0 Å². The van der Waals surface area contributed by atoms with Gasteiger partial charge in [-0.15, -0.1) is 0 Å². The van der Waals surface area contributed by atoms with Crippen LogP contribution >= 0.6 is 23.2 Å². The Balaban J connectivity index is 2.91. The highest BCUT2D eigenvalue weighted by Gasteiger charge is 2.13. The molecule has 0 amide bonds. The predicted molar refractivity (Wildman–Crippen MR) is 65.1 cm³/mol. The number of rotatable bonds is 4. The third-order valence-corrected chi connectivity index (χ3v) is 2.55. The highest BCUT2D eigenvalue weighted by atomic mass is 35.5. The summed E-state index contributed by atoms with van der Waals surface area (Å²) in [5.74, 6) is 0. The Labute approximate surface area is 100 Å². The number of nitrogens with zero attached hydrogens (tertiary/aromatic N) is 1. The van der Waals surface area contributed by atoms with Crippen LogP contribution in [-0.4, -0.2) is 25.6 Å². The van der Waals surface area contributed by atoms with Crippen molar-refractivity contribution in [2.75, 3.05) is 20.6 Å². The van der Waals surface area contributed by atoms with Gasteiger partial charge in [0.05, 0.1) is 6.04 Å². The topological polar surface area (TPSA) is 41.3 Å². The first-order chi connectivity index (χ1) is 7.04. The number of hydrogen-bond acceptors (Lipinski definition) is 3. The van der Waals surface area contributed by atoms with Crippen LogP contribution in [0.1, 0.15) is 11.6 Å². The van der Waals surface area contributed by atoms with Crippen LogP contribution in [-0.2, 0) is 0 Å². The lowest BCUT2D eigenvalue weighted by Crippen LogP contribution is -2.38. The van der Waals surface area contributed by atoms with E-state index in [-0.39, 0.29) is 6.04 Å². The maximum atomic E-state index is 6.09. The summed E-state index contributed by atoms with van der Waals surface area (Å²) in [6, 6.07) is 5.42. The molecule has 0 heterocycles. The van der Waals surface area contributed by atoms with Gasteiger partial charge in [0, 0.05) is 30.7 Å². The Morgan fingerprint density at radius 3 is 2.53 bits per heavy atom. The molecule has 84 valence electrons. The highest BCUT2D eigenvalue weighted by molar-refractivity contribution is 6.35. The van der Waals surface area contributed by atoms with Crippen LogP contribution in [0.2, 0.25) is 10.0 Å². The molecule has 15 heavy (non-hydrogen) atoms. The minimum atomic E-state index is 0.00441. The number of nitrogens with one attached hydrogen (secondary N) is 1. The molecule has 5 heteroatoms. The molecule has 0 spiro atoms. The largest absolute Gasteiger partial charge is 0.329 e. The second kappa shape index (κ2) is 5.68. The van der Waals surface area contributed by atoms with Crippen LogP contribution in [0.25, 0.3) is 0 Å². The monoisotopic (exact) mass is 247 g/mol. The molecule has 1 unspecified atom stereocenters. The first-order valence-electron chi connectivity index (χ1n) is 4.63. The van der Waals surface area contributed by atoms with E-state index in [4.69, 9.17) is 28.9 Å². The lowest BCUT2D eigenvalue weighted by atomic mass is 10.1. The minimum Gasteiger partial charge on any atom is -0.329 e. The van der Waals surface area contributed by atoms with Crippen LogP contribution in [0.4, 0.5) is 0 Å². The highest BCUT2D eigenvalue weighted by Crippen LogP contribution is 2.25. The van der Waals surface area contributed by atoms with E-state index in [0.29, 0.717) is 16.6 Å². The fraction of sp³-hybridized carbons (Fsp3) is 0.400. The van der Waals surface area contributed by atoms with Gasteiger partial charge in [-0.2, -0.15) is 0 Å². The molecule has 3 N–H and O–H groups in total. The number of hydrazine groups is 1. The molecule has 0 saturated heterocycles. The summed E-state index contributed by atoms with van der Waals surface area (Å²) in [5.41, 5.74) is 9.82. The van der Waals surface area contributed by atoms with Gasteiger partial charge in [-0.25, -0.2) is 10.4 Å². The second-order valence-corrected chi connectivity index (χ2v) is 4.32. The number of hydrogen-bond donors (Lipinski definition) is 2. The quantitative estimate of drug-likeness (QED) is 0.801. The van der Waals surface area contributed by atoms with Gasteiger partial charge < -0.3 is 5.73 Å². The van der Waals surface area contributed by atoms with Crippen molar-refractivity contribution in [3.8, 4) is 0 Å². The predicted octanol–water partition coefficient (Wildman–Crippen LogP) is 2.06. The van der Waals surface area contributed by atoms with Gasteiger partial charge in [0.15, 0.2) is 0 Å². The summed E-state index contributed by atoms with van der Waals surface area (Å²) >= 11 is 11.9. The van der Waals surface area contributed by atoms with Crippen molar-refractivity contribution in [2.45, 2.75) is 6.04 Å². The molecule has 0 aliphatic rings. The van der Waals surface area contributed by atoms with Crippen molar-refractivity contribution in [1.82, 2.24) is 10.4 Å². The zero-order valence-corrected chi connectivity index (χ0v) is 10.3. The lowest BCUT2D eigenvalue weighted by molar-refractivity contribution is 0.246. The average molecular weight is 248 g/mol. The van der Waals surface area contributed by atoms with E-state index in [9.17, 15) is 0 Å². The van der Waals surface area contributed by atoms with E-state index < -0.39 is 0 Å². The van der Waals surface area contributed by atoms with Crippen molar-refractivity contribution in [2.24, 2.45) is 5.73 Å². The van der Waals surface area contributed by atoms with Gasteiger partial charge in [0.1, 0.15) is 0 Å². The third kappa shape index (κ3) is 3.63. The fourth-order valence-electron chi connectivity index (χ4n) is 1.34. The van der Waals surface area contributed by atoms with Crippen molar-refractivity contribution in [3.63, 3.8) is 0 Å². The van der Waals surface area contributed by atoms with Gasteiger partial charge in [-0.3, -0.25) is 0 Å². The Bertz CT molecular complexity index is 328. The smallest absolute Gasteiger partial charge is 0.0601 e. The Hall–Kier alpha value is -0.320. The molecule has 1 atom stereocenters. The normalized spacial score (nSPS) is 13.2. The zero-order chi connectivity index (χ0) is 11.4. The Morgan fingerprint density at radius 2 is 2.07 bits per heavy atom. The molecule has 0 aliphatic heterocycles. The maximum Gasteiger partial charge on any atom is 0.0601 e. The van der Waals surface area contributed by atoms with E-state index >= 15 is 0 Å². The van der Waals surface area contributed by atoms with E-state index in [1.165, 1.54) is 0 Å². The van der Waals surface area contributed by atoms with Gasteiger partial charge in [0.25, 0.3) is 0 Å². The third-order valence-electron chi connectivity index (χ3n) is 1.99. The average Bonchev–Trinajstić information content (AvgIpc) is 2.14. The molecular weight excluding hydrogens is 233 g/mol. The summed E-state index contributed by atoms with van der Waals surface area (Å²) in [6.45, 7) is 0.472. The zero-order valence-electron chi connectivity index (χ0n) is 8.80. The Morgan fingerprint density at radius 1 is 1.40 bits per heavy atom. The van der Waals surface area contributed by atoms with Crippen molar-refractivity contribution < 1.29 is 0 Å². The summed E-state index contributed by atoms with van der Waals surface area (Å²) < 4.78 is 0. The van der Waals surface area contributed by atoms with Crippen molar-refractivity contribution in [1.29, 1.82) is 0 Å². The summed E-state index contributed by atoms with van der Waals surface area (Å²) in [6.07, 6.45) is 0. The molecular formula is C10H15Cl2N3. The number of halogens is 2. The molecule has 1 rings (SSSR count). The number of nitrogens with two attached hydrogens (primary N) is 1. The Kier molecular flexibility index (Phi) is 4.83. The molecule has 0 aromatic heterocycles. The van der Waals surface area contributed by atoms with E-state index in [1.54, 1.807) is 6.07 Å². The summed E-state index contributed by atoms with van der Waals surface area (Å²) in [4.78, 5) is 0. The molecule has 0 fully saturated rings. The lowest BCUT2D eigenvalue weighted by Gasteiger charge is -2.22. The molecule has 0 radical (unpaired) electrons. The van der Waals surface area contributed by atoms with Crippen LogP contribution in [0.5, 0.6) is 0 Å². The van der Waals surface area contributed by atoms with E-state index in [1.807, 2.05) is 31.2 Å². The summed E-state index contributed by atoms with van der Waals surface area (Å²) in [7, 11) is 3.82. The molecule has 3 nitrogen and oxygen atoms in total. The standard InChI is InChI=1S/C10H15Cl2N3/c1-15(2)14-10(6-13)8-4-3-7(11)5-9(8)12/h3-5,10,14H,6,13H2,1-2H3. The first kappa shape index (κ1) is 12.7. The minimum absolute atomic E-state index is 0.00441. The second-order valence-electron chi connectivity index (χ2n) is 3.48. The SMILES string of the molecule is CN(C)NC(CN)c1ccc(Cl)cc1Cl. The summed E-state index contributed by atoms with van der Waals surface area (Å²) in [5, 5.41) is 3.11. The van der Waals surface area contributed by atoms with Crippen LogP contribution in [0.15, 0.2) is 18.2 Å². The fourth-order valence-corrected chi connectivity index (χ4v) is 1.89. The van der Waals surface area contributed by atoms with Crippen molar-refractivity contribution >= 4 is 23.2 Å². The van der Waals surface area contributed by atoms with Crippen molar-refractivity contribution in [3.05, 3.63) is 33.8 Å².